The third-order valence-electron chi connectivity index (χ3n) is 5.07. The molecule has 0 amide bonds. The highest BCUT2D eigenvalue weighted by Gasteiger charge is 2.30. The number of aromatic nitrogens is 1. The molecule has 1 aromatic carbocycles. The van der Waals surface area contributed by atoms with Gasteiger partial charge in [0, 0.05) is 11.3 Å². The van der Waals surface area contributed by atoms with Crippen LogP contribution in [0.1, 0.15) is 62.4 Å². The molecule has 0 fully saturated rings. The van der Waals surface area contributed by atoms with Gasteiger partial charge in [-0.1, -0.05) is 36.4 Å². The van der Waals surface area contributed by atoms with E-state index in [-0.39, 0.29) is 17.9 Å². The summed E-state index contributed by atoms with van der Waals surface area (Å²) in [4.78, 5) is 29.8. The standard InChI is InChI=1S/C23H26N2O3S/c1-5-28-23(27)19-14(2)20(24-15(19)3)22(26)16(4)25-21(18-12-9-13-29-18)17-10-7-6-8-11-17/h6-13,16,21,24-25H,5H2,1-4H3/p+1/t16-,21-/m1/s1. The van der Waals surface area contributed by atoms with Crippen LogP contribution >= 0.6 is 11.3 Å². The molecule has 0 radical (unpaired) electrons. The number of hydrogen-bond donors (Lipinski definition) is 2. The zero-order valence-electron chi connectivity index (χ0n) is 17.2. The lowest BCUT2D eigenvalue weighted by molar-refractivity contribution is -0.703. The highest BCUT2D eigenvalue weighted by atomic mass is 32.1. The lowest BCUT2D eigenvalue weighted by Gasteiger charge is -2.19. The molecule has 3 aromatic rings. The predicted octanol–water partition coefficient (Wildman–Crippen LogP) is 3.79. The van der Waals surface area contributed by atoms with Crippen LogP contribution in [0.2, 0.25) is 0 Å². The summed E-state index contributed by atoms with van der Waals surface area (Å²) in [6.07, 6.45) is 0. The van der Waals surface area contributed by atoms with Gasteiger partial charge in [-0.3, -0.25) is 4.79 Å². The molecule has 0 spiro atoms. The zero-order chi connectivity index (χ0) is 21.0. The number of rotatable bonds is 8. The summed E-state index contributed by atoms with van der Waals surface area (Å²) in [7, 11) is 0. The van der Waals surface area contributed by atoms with Gasteiger partial charge in [0.05, 0.1) is 22.7 Å². The van der Waals surface area contributed by atoms with E-state index in [1.807, 2.05) is 31.2 Å². The second-order valence-electron chi connectivity index (χ2n) is 7.09. The van der Waals surface area contributed by atoms with Crippen molar-refractivity contribution < 1.29 is 19.6 Å². The van der Waals surface area contributed by atoms with Crippen molar-refractivity contribution in [3.8, 4) is 0 Å². The average molecular weight is 412 g/mol. The Morgan fingerprint density at radius 1 is 1.14 bits per heavy atom. The first kappa shape index (κ1) is 21.0. The molecular weight excluding hydrogens is 384 g/mol. The molecule has 2 aromatic heterocycles. The maximum Gasteiger partial charge on any atom is 0.340 e. The van der Waals surface area contributed by atoms with E-state index in [1.54, 1.807) is 32.1 Å². The molecule has 0 unspecified atom stereocenters. The number of carbonyl (C=O) groups excluding carboxylic acids is 2. The molecule has 2 heterocycles. The van der Waals surface area contributed by atoms with Gasteiger partial charge < -0.3 is 15.0 Å². The lowest BCUT2D eigenvalue weighted by Crippen LogP contribution is -2.92. The molecule has 0 saturated heterocycles. The quantitative estimate of drug-likeness (QED) is 0.437. The Morgan fingerprint density at radius 2 is 1.86 bits per heavy atom. The number of thiophene rings is 1. The summed E-state index contributed by atoms with van der Waals surface area (Å²) in [5.74, 6) is -0.422. The van der Waals surface area contributed by atoms with Gasteiger partial charge in [0.15, 0.2) is 0 Å². The number of H-pyrrole nitrogens is 1. The van der Waals surface area contributed by atoms with Crippen LogP contribution < -0.4 is 5.32 Å². The van der Waals surface area contributed by atoms with Gasteiger partial charge in [0.25, 0.3) is 0 Å². The third-order valence-corrected chi connectivity index (χ3v) is 6.02. The first-order valence-electron chi connectivity index (χ1n) is 9.77. The summed E-state index contributed by atoms with van der Waals surface area (Å²) in [5.41, 5.74) is 3.40. The van der Waals surface area contributed by atoms with E-state index >= 15 is 0 Å². The second-order valence-corrected chi connectivity index (χ2v) is 8.07. The van der Waals surface area contributed by atoms with Crippen molar-refractivity contribution in [1.29, 1.82) is 0 Å². The molecule has 3 rings (SSSR count). The number of nitrogens with one attached hydrogen (secondary N) is 1. The Labute approximate surface area is 175 Å². The number of ether oxygens (including phenoxy) is 1. The predicted molar refractivity (Wildman–Crippen MR) is 115 cm³/mol. The molecule has 0 bridgehead atoms. The first-order chi connectivity index (χ1) is 13.9. The van der Waals surface area contributed by atoms with Crippen molar-refractivity contribution in [1.82, 2.24) is 4.98 Å². The smallest absolute Gasteiger partial charge is 0.340 e. The summed E-state index contributed by atoms with van der Waals surface area (Å²) in [6, 6.07) is 14.0. The van der Waals surface area contributed by atoms with Gasteiger partial charge in [0.2, 0.25) is 5.78 Å². The van der Waals surface area contributed by atoms with Gasteiger partial charge in [-0.25, -0.2) is 4.79 Å². The molecule has 5 nitrogen and oxygen atoms in total. The molecule has 6 heteroatoms. The summed E-state index contributed by atoms with van der Waals surface area (Å²) >= 11 is 1.68. The number of Topliss-reactive ketones (excluding diaryl/α,β-unsaturated/α-hetero) is 1. The molecule has 0 aliphatic heterocycles. The number of aryl methyl sites for hydroxylation is 1. The van der Waals surface area contributed by atoms with Crippen molar-refractivity contribution >= 4 is 23.1 Å². The summed E-state index contributed by atoms with van der Waals surface area (Å²) in [5, 5.41) is 4.14. The van der Waals surface area contributed by atoms with Crippen LogP contribution in [0.3, 0.4) is 0 Å². The number of esters is 1. The number of ketones is 1. The van der Waals surface area contributed by atoms with E-state index in [0.717, 1.165) is 5.56 Å². The lowest BCUT2D eigenvalue weighted by atomic mass is 10.0. The van der Waals surface area contributed by atoms with E-state index in [9.17, 15) is 9.59 Å². The Hall–Kier alpha value is -2.70. The molecule has 0 aliphatic rings. The van der Waals surface area contributed by atoms with Gasteiger partial charge in [-0.2, -0.15) is 0 Å². The van der Waals surface area contributed by atoms with Crippen LogP contribution in [-0.4, -0.2) is 29.4 Å². The van der Waals surface area contributed by atoms with Gasteiger partial charge in [-0.05, 0) is 44.7 Å². The Kier molecular flexibility index (Phi) is 6.67. The van der Waals surface area contributed by atoms with Crippen LogP contribution in [0.4, 0.5) is 0 Å². The highest BCUT2D eigenvalue weighted by Crippen LogP contribution is 2.24. The zero-order valence-corrected chi connectivity index (χ0v) is 18.0. The SMILES string of the molecule is CCOC(=O)c1c(C)[nH]c(C(=O)[C@@H](C)[NH2+][C@H](c2ccccc2)c2cccs2)c1C. The fraction of sp³-hybridized carbons (Fsp3) is 0.304. The number of aromatic amines is 1. The minimum absolute atomic E-state index is 0.0290. The molecule has 3 N–H and O–H groups in total. The monoisotopic (exact) mass is 411 g/mol. The van der Waals surface area contributed by atoms with Crippen molar-refractivity contribution in [3.05, 3.63) is 80.8 Å². The van der Waals surface area contributed by atoms with E-state index in [2.05, 4.69) is 33.9 Å². The van der Waals surface area contributed by atoms with E-state index in [0.29, 0.717) is 29.1 Å². The molecule has 29 heavy (non-hydrogen) atoms. The van der Waals surface area contributed by atoms with Gasteiger partial charge in [-0.15, -0.1) is 11.3 Å². The largest absolute Gasteiger partial charge is 0.462 e. The van der Waals surface area contributed by atoms with Gasteiger partial charge in [0.1, 0.15) is 12.1 Å². The maximum atomic E-state index is 13.2. The second kappa shape index (κ2) is 9.20. The Morgan fingerprint density at radius 3 is 2.48 bits per heavy atom. The molecular formula is C23H27N2O3S+. The van der Waals surface area contributed by atoms with Crippen LogP contribution in [0.5, 0.6) is 0 Å². The summed E-state index contributed by atoms with van der Waals surface area (Å²) < 4.78 is 5.14. The van der Waals surface area contributed by atoms with E-state index in [1.165, 1.54) is 4.88 Å². The molecule has 2 atom stereocenters. The van der Waals surface area contributed by atoms with Crippen LogP contribution in [0, 0.1) is 13.8 Å². The molecule has 0 aliphatic carbocycles. The van der Waals surface area contributed by atoms with E-state index < -0.39 is 5.97 Å². The minimum atomic E-state index is -0.393. The third kappa shape index (κ3) is 4.49. The normalized spacial score (nSPS) is 13.1. The molecule has 0 saturated carbocycles. The topological polar surface area (TPSA) is 75.8 Å². The van der Waals surface area contributed by atoms with Gasteiger partial charge >= 0.3 is 5.97 Å². The van der Waals surface area contributed by atoms with Crippen LogP contribution in [0.25, 0.3) is 0 Å². The number of hydrogen-bond acceptors (Lipinski definition) is 4. The van der Waals surface area contributed by atoms with Crippen molar-refractivity contribution in [3.63, 3.8) is 0 Å². The maximum absolute atomic E-state index is 13.2. The fourth-order valence-electron chi connectivity index (χ4n) is 3.61. The minimum Gasteiger partial charge on any atom is -0.462 e. The first-order valence-corrected chi connectivity index (χ1v) is 10.7. The number of benzene rings is 1. The number of quaternary nitrogens is 1. The Balaban J connectivity index is 1.86. The van der Waals surface area contributed by atoms with E-state index in [4.69, 9.17) is 4.74 Å². The van der Waals surface area contributed by atoms with Crippen molar-refractivity contribution in [2.45, 2.75) is 39.8 Å². The average Bonchev–Trinajstić information content (AvgIpc) is 3.34. The summed E-state index contributed by atoms with van der Waals surface area (Å²) in [6.45, 7) is 7.57. The number of nitrogens with two attached hydrogens (primary N) is 1. The highest BCUT2D eigenvalue weighted by molar-refractivity contribution is 7.10. The number of carbonyl (C=O) groups is 2. The van der Waals surface area contributed by atoms with Crippen LogP contribution in [0.15, 0.2) is 47.8 Å². The Bertz CT molecular complexity index is 977. The molecule has 152 valence electrons. The van der Waals surface area contributed by atoms with Crippen LogP contribution in [-0.2, 0) is 4.74 Å². The van der Waals surface area contributed by atoms with Crippen molar-refractivity contribution in [2.24, 2.45) is 0 Å². The van der Waals surface area contributed by atoms with Crippen molar-refractivity contribution in [2.75, 3.05) is 6.61 Å². The fourth-order valence-corrected chi connectivity index (χ4v) is 4.44.